The van der Waals surface area contributed by atoms with Crippen LogP contribution in [0.5, 0.6) is 0 Å². The van der Waals surface area contributed by atoms with Crippen molar-refractivity contribution in [1.29, 1.82) is 0 Å². The van der Waals surface area contributed by atoms with E-state index in [4.69, 9.17) is 4.74 Å². The van der Waals surface area contributed by atoms with Crippen LogP contribution in [0.15, 0.2) is 6.20 Å². The van der Waals surface area contributed by atoms with E-state index in [0.717, 1.165) is 19.6 Å². The molecule has 1 N–H and O–H groups in total. The molecule has 0 radical (unpaired) electrons. The normalized spacial score (nSPS) is 26.3. The first-order chi connectivity index (χ1) is 10.2. The molecular weight excluding hydrogens is 262 g/mol. The zero-order valence-electron chi connectivity index (χ0n) is 13.7. The lowest BCUT2D eigenvalue weighted by Crippen LogP contribution is -2.42. The molecule has 2 aliphatic rings. The van der Waals surface area contributed by atoms with Crippen molar-refractivity contribution < 1.29 is 4.74 Å². The SMILES string of the molecule is CCNC(c1cnn(C)c1C)C1CCOC2(CCCC2)C1. The van der Waals surface area contributed by atoms with Crippen LogP contribution in [0.1, 0.15) is 62.7 Å². The fraction of sp³-hybridized carbons (Fsp3) is 0.824. The van der Waals surface area contributed by atoms with Gasteiger partial charge in [-0.3, -0.25) is 4.68 Å². The van der Waals surface area contributed by atoms with E-state index in [1.54, 1.807) is 0 Å². The Morgan fingerprint density at radius 2 is 2.24 bits per heavy atom. The van der Waals surface area contributed by atoms with Gasteiger partial charge in [0, 0.05) is 31.0 Å². The van der Waals surface area contributed by atoms with Gasteiger partial charge in [-0.25, -0.2) is 0 Å². The second-order valence-corrected chi connectivity index (χ2v) is 6.84. The molecule has 2 atom stereocenters. The quantitative estimate of drug-likeness (QED) is 0.926. The smallest absolute Gasteiger partial charge is 0.0686 e. The molecule has 21 heavy (non-hydrogen) atoms. The van der Waals surface area contributed by atoms with Gasteiger partial charge in [0.1, 0.15) is 0 Å². The average molecular weight is 291 g/mol. The summed E-state index contributed by atoms with van der Waals surface area (Å²) in [6, 6.07) is 0.421. The lowest BCUT2D eigenvalue weighted by Gasteiger charge is -2.41. The van der Waals surface area contributed by atoms with Crippen LogP contribution in [-0.4, -0.2) is 28.5 Å². The molecule has 1 aliphatic heterocycles. The second-order valence-electron chi connectivity index (χ2n) is 6.84. The van der Waals surface area contributed by atoms with Crippen molar-refractivity contribution in [3.05, 3.63) is 17.5 Å². The van der Waals surface area contributed by atoms with Crippen molar-refractivity contribution in [2.75, 3.05) is 13.2 Å². The standard InChI is InChI=1S/C17H29N3O/c1-4-18-16(15-12-19-20(3)13(15)2)14-7-10-21-17(11-14)8-5-6-9-17/h12,14,16,18H,4-11H2,1-3H3. The Bertz CT molecular complexity index is 476. The lowest BCUT2D eigenvalue weighted by molar-refractivity contribution is -0.0981. The van der Waals surface area contributed by atoms with Crippen LogP contribution in [-0.2, 0) is 11.8 Å². The molecule has 1 aromatic rings. The molecular formula is C17H29N3O. The third-order valence-corrected chi connectivity index (χ3v) is 5.55. The molecule has 0 amide bonds. The average Bonchev–Trinajstić information content (AvgIpc) is 3.06. The number of rotatable bonds is 4. The third kappa shape index (κ3) is 2.88. The number of hydrogen-bond donors (Lipinski definition) is 1. The van der Waals surface area contributed by atoms with E-state index in [2.05, 4.69) is 30.5 Å². The van der Waals surface area contributed by atoms with Crippen molar-refractivity contribution in [3.63, 3.8) is 0 Å². The summed E-state index contributed by atoms with van der Waals surface area (Å²) in [5.41, 5.74) is 2.85. The highest BCUT2D eigenvalue weighted by atomic mass is 16.5. The van der Waals surface area contributed by atoms with Crippen molar-refractivity contribution in [2.45, 2.75) is 64.0 Å². The van der Waals surface area contributed by atoms with Gasteiger partial charge in [0.2, 0.25) is 0 Å². The highest BCUT2D eigenvalue weighted by molar-refractivity contribution is 5.22. The van der Waals surface area contributed by atoms with Crippen LogP contribution >= 0.6 is 0 Å². The van der Waals surface area contributed by atoms with Gasteiger partial charge >= 0.3 is 0 Å². The van der Waals surface area contributed by atoms with Crippen molar-refractivity contribution in [1.82, 2.24) is 15.1 Å². The van der Waals surface area contributed by atoms with E-state index in [1.807, 2.05) is 11.7 Å². The summed E-state index contributed by atoms with van der Waals surface area (Å²) in [5, 5.41) is 8.17. The van der Waals surface area contributed by atoms with E-state index in [0.29, 0.717) is 12.0 Å². The summed E-state index contributed by atoms with van der Waals surface area (Å²) in [7, 11) is 2.03. The molecule has 0 bridgehead atoms. The van der Waals surface area contributed by atoms with Crippen LogP contribution in [0, 0.1) is 12.8 Å². The fourth-order valence-electron chi connectivity index (χ4n) is 4.29. The minimum absolute atomic E-state index is 0.187. The molecule has 118 valence electrons. The van der Waals surface area contributed by atoms with Gasteiger partial charge in [-0.05, 0) is 45.1 Å². The van der Waals surface area contributed by atoms with Gasteiger partial charge < -0.3 is 10.1 Å². The largest absolute Gasteiger partial charge is 0.375 e. The third-order valence-electron chi connectivity index (χ3n) is 5.55. The number of ether oxygens (including phenoxy) is 1. The van der Waals surface area contributed by atoms with E-state index < -0.39 is 0 Å². The summed E-state index contributed by atoms with van der Waals surface area (Å²) in [4.78, 5) is 0. The zero-order valence-corrected chi connectivity index (χ0v) is 13.7. The molecule has 3 rings (SSSR count). The van der Waals surface area contributed by atoms with E-state index >= 15 is 0 Å². The molecule has 1 aromatic heterocycles. The zero-order chi connectivity index (χ0) is 14.9. The highest BCUT2D eigenvalue weighted by Gasteiger charge is 2.42. The molecule has 2 unspecified atom stereocenters. The molecule has 2 fully saturated rings. The van der Waals surface area contributed by atoms with Crippen LogP contribution in [0.2, 0.25) is 0 Å². The molecule has 1 saturated heterocycles. The molecule has 1 spiro atoms. The predicted octanol–water partition coefficient (Wildman–Crippen LogP) is 3.12. The van der Waals surface area contributed by atoms with Crippen molar-refractivity contribution in [3.8, 4) is 0 Å². The predicted molar refractivity (Wildman–Crippen MR) is 84.2 cm³/mol. The summed E-state index contributed by atoms with van der Waals surface area (Å²) >= 11 is 0. The first-order valence-electron chi connectivity index (χ1n) is 8.51. The fourth-order valence-corrected chi connectivity index (χ4v) is 4.29. The number of nitrogens with one attached hydrogen (secondary N) is 1. The van der Waals surface area contributed by atoms with Crippen LogP contribution in [0.3, 0.4) is 0 Å². The topological polar surface area (TPSA) is 39.1 Å². The number of nitrogens with zero attached hydrogens (tertiary/aromatic N) is 2. The molecule has 0 aromatic carbocycles. The maximum atomic E-state index is 6.21. The number of aromatic nitrogens is 2. The summed E-state index contributed by atoms with van der Waals surface area (Å²) in [5.74, 6) is 0.666. The van der Waals surface area contributed by atoms with Gasteiger partial charge in [0.15, 0.2) is 0 Å². The van der Waals surface area contributed by atoms with E-state index in [-0.39, 0.29) is 5.60 Å². The molecule has 4 nitrogen and oxygen atoms in total. The van der Waals surface area contributed by atoms with Gasteiger partial charge in [0.05, 0.1) is 11.8 Å². The first-order valence-corrected chi connectivity index (χ1v) is 8.51. The Kier molecular flexibility index (Phi) is 4.36. The Morgan fingerprint density at radius 3 is 2.86 bits per heavy atom. The first kappa shape index (κ1) is 15.0. The minimum atomic E-state index is 0.187. The summed E-state index contributed by atoms with van der Waals surface area (Å²) < 4.78 is 8.20. The van der Waals surface area contributed by atoms with Crippen molar-refractivity contribution >= 4 is 0 Å². The summed E-state index contributed by atoms with van der Waals surface area (Å²) in [6.07, 6.45) is 9.62. The maximum absolute atomic E-state index is 6.21. The Labute approximate surface area is 128 Å². The molecule has 1 aliphatic carbocycles. The Balaban J connectivity index is 1.81. The highest BCUT2D eigenvalue weighted by Crippen LogP contribution is 2.45. The minimum Gasteiger partial charge on any atom is -0.375 e. The molecule has 4 heteroatoms. The van der Waals surface area contributed by atoms with Gasteiger partial charge in [0.25, 0.3) is 0 Å². The van der Waals surface area contributed by atoms with Gasteiger partial charge in [-0.2, -0.15) is 5.10 Å². The number of hydrogen-bond acceptors (Lipinski definition) is 3. The lowest BCUT2D eigenvalue weighted by atomic mass is 9.78. The Morgan fingerprint density at radius 1 is 1.48 bits per heavy atom. The monoisotopic (exact) mass is 291 g/mol. The van der Waals surface area contributed by atoms with Crippen LogP contribution in [0.4, 0.5) is 0 Å². The second kappa shape index (κ2) is 6.09. The van der Waals surface area contributed by atoms with E-state index in [9.17, 15) is 0 Å². The number of aryl methyl sites for hydroxylation is 1. The molecule has 1 saturated carbocycles. The van der Waals surface area contributed by atoms with Gasteiger partial charge in [-0.1, -0.05) is 19.8 Å². The van der Waals surface area contributed by atoms with Crippen LogP contribution in [0.25, 0.3) is 0 Å². The molecule has 2 heterocycles. The maximum Gasteiger partial charge on any atom is 0.0686 e. The van der Waals surface area contributed by atoms with Crippen molar-refractivity contribution in [2.24, 2.45) is 13.0 Å². The Hall–Kier alpha value is -0.870. The van der Waals surface area contributed by atoms with Crippen LogP contribution < -0.4 is 5.32 Å². The van der Waals surface area contributed by atoms with E-state index in [1.165, 1.54) is 43.4 Å². The summed E-state index contributed by atoms with van der Waals surface area (Å²) in [6.45, 7) is 6.30. The van der Waals surface area contributed by atoms with Gasteiger partial charge in [-0.15, -0.1) is 0 Å².